The average molecular weight is 1430 g/mol. The molecule has 3 rings (SSSR count). The second kappa shape index (κ2) is 50.6. The van der Waals surface area contributed by atoms with E-state index >= 15 is 0 Å². The van der Waals surface area contributed by atoms with E-state index in [1.165, 1.54) is 20.8 Å². The molecule has 3 aliphatic rings. The van der Waals surface area contributed by atoms with Crippen molar-refractivity contribution in [3.63, 3.8) is 0 Å². The first-order chi connectivity index (χ1) is 47.4. The number of hydrogen-bond acceptors (Lipinski definition) is 26. The number of aliphatic hydroxyl groups excluding tert-OH is 9. The minimum absolute atomic E-state index is 0.0379. The molecule has 0 spiro atoms. The van der Waals surface area contributed by atoms with Crippen LogP contribution in [0.15, 0.2) is 0 Å². The number of hydrogen-bond donors (Lipinski definition) is 16. The van der Waals surface area contributed by atoms with Crippen LogP contribution in [0, 0.1) is 5.92 Å². The summed E-state index contributed by atoms with van der Waals surface area (Å²) in [4.78, 5) is 100. The minimum Gasteiger partial charge on any atom is -0.394 e. The molecule has 3 saturated heterocycles. The Morgan fingerprint density at radius 1 is 0.374 bits per heavy atom. The van der Waals surface area contributed by atoms with E-state index in [1.54, 1.807) is 0 Å². The summed E-state index contributed by atoms with van der Waals surface area (Å²) >= 11 is 0. The second-order valence-corrected chi connectivity index (χ2v) is 26.0. The van der Waals surface area contributed by atoms with E-state index < -0.39 is 135 Å². The molecular formula is C66H119N7O26. The van der Waals surface area contributed by atoms with Crippen molar-refractivity contribution < 1.29 is 127 Å². The molecule has 0 aromatic heterocycles. The van der Waals surface area contributed by atoms with E-state index in [4.69, 9.17) is 42.6 Å². The lowest BCUT2D eigenvalue weighted by Gasteiger charge is -2.42. The molecule has 33 nitrogen and oxygen atoms in total. The molecule has 3 fully saturated rings. The Labute approximate surface area is 581 Å². The van der Waals surface area contributed by atoms with Gasteiger partial charge >= 0.3 is 0 Å². The Hall–Kier alpha value is -4.76. The van der Waals surface area contributed by atoms with Crippen molar-refractivity contribution in [3.8, 4) is 0 Å². The van der Waals surface area contributed by atoms with Gasteiger partial charge in [0.2, 0.25) is 41.4 Å². The number of ketones is 1. The van der Waals surface area contributed by atoms with Gasteiger partial charge in [-0.3, -0.25) is 38.4 Å². The maximum absolute atomic E-state index is 13.8. The number of carbonyl (C=O) groups excluding carboxylic acids is 8. The minimum atomic E-state index is -1.43. The van der Waals surface area contributed by atoms with Crippen molar-refractivity contribution in [1.29, 1.82) is 0 Å². The lowest BCUT2D eigenvalue weighted by molar-refractivity contribution is -0.270. The van der Waals surface area contributed by atoms with Crippen molar-refractivity contribution in [3.05, 3.63) is 0 Å². The van der Waals surface area contributed by atoms with Gasteiger partial charge in [-0.25, -0.2) is 0 Å². The van der Waals surface area contributed by atoms with Gasteiger partial charge < -0.3 is 126 Å². The van der Waals surface area contributed by atoms with Crippen molar-refractivity contribution in [1.82, 2.24) is 37.2 Å². The molecule has 16 N–H and O–H groups in total. The molecule has 33 heteroatoms. The van der Waals surface area contributed by atoms with Crippen molar-refractivity contribution >= 4 is 47.1 Å². The summed E-state index contributed by atoms with van der Waals surface area (Å²) in [5, 5.41) is 110. The molecule has 0 saturated carbocycles. The molecule has 0 aromatic rings. The lowest BCUT2D eigenvalue weighted by Crippen LogP contribution is -2.64. The van der Waals surface area contributed by atoms with Gasteiger partial charge in [0.1, 0.15) is 84.4 Å². The lowest BCUT2D eigenvalue weighted by atomic mass is 9.97. The molecule has 3 aliphatic heterocycles. The third kappa shape index (κ3) is 35.3. The molecule has 7 amide bonds. The van der Waals surface area contributed by atoms with Crippen LogP contribution in [0.2, 0.25) is 0 Å². The van der Waals surface area contributed by atoms with E-state index in [1.807, 2.05) is 13.8 Å². The van der Waals surface area contributed by atoms with Crippen LogP contribution >= 0.6 is 0 Å². The predicted molar refractivity (Wildman–Crippen MR) is 353 cm³/mol. The summed E-state index contributed by atoms with van der Waals surface area (Å²) in [5.74, 6) is -2.49. The van der Waals surface area contributed by atoms with Gasteiger partial charge in [0.05, 0.1) is 59.5 Å². The Bertz CT molecular complexity index is 2110. The number of nitrogens with one attached hydrogen (secondary N) is 7. The van der Waals surface area contributed by atoms with Gasteiger partial charge in [-0.05, 0) is 51.4 Å². The first-order valence-corrected chi connectivity index (χ1v) is 35.3. The second-order valence-electron chi connectivity index (χ2n) is 26.0. The number of Topliss-reactive ketones (excluding diaryl/α,β-unsaturated/α-hetero) is 1. The summed E-state index contributed by atoms with van der Waals surface area (Å²) in [6, 6.07) is -3.14. The molecular weight excluding hydrogens is 1310 g/mol. The van der Waals surface area contributed by atoms with Gasteiger partial charge in [0, 0.05) is 98.2 Å². The molecule has 574 valence electrons. The van der Waals surface area contributed by atoms with Gasteiger partial charge in [0.25, 0.3) is 0 Å². The third-order valence-electron chi connectivity index (χ3n) is 17.0. The maximum atomic E-state index is 13.8. The fraction of sp³-hybridized carbons (Fsp3) is 0.879. The Kier molecular flexibility index (Phi) is 45.2. The van der Waals surface area contributed by atoms with Gasteiger partial charge in [-0.2, -0.15) is 0 Å². The van der Waals surface area contributed by atoms with E-state index in [2.05, 4.69) is 37.2 Å². The SMILES string of the molecule is CC(=O)NC1C(OCCCCCCNC(=O)CCOCC(COCCC(=O)NCCCCCCOC2OC(CO)C(O)C(O)C2NC(C)=O)(COCCC(=O)NCCCCCCOC2OC(CO)C(O)C(O)C2NC(C)=O)NC(=O)CCCCCCC(=O)C(C)C)OC(CO)C(O)C1O. The highest BCUT2D eigenvalue weighted by atomic mass is 16.7. The maximum Gasteiger partial charge on any atom is 0.222 e. The molecule has 0 aromatic carbocycles. The van der Waals surface area contributed by atoms with Crippen LogP contribution in [-0.4, -0.2) is 289 Å². The first-order valence-electron chi connectivity index (χ1n) is 35.3. The number of ether oxygens (including phenoxy) is 9. The number of aliphatic hydroxyl groups is 9. The third-order valence-corrected chi connectivity index (χ3v) is 17.0. The van der Waals surface area contributed by atoms with Crippen LogP contribution in [0.3, 0.4) is 0 Å². The van der Waals surface area contributed by atoms with Crippen molar-refractivity contribution in [2.45, 2.75) is 267 Å². The van der Waals surface area contributed by atoms with Gasteiger partial charge in [0.15, 0.2) is 18.9 Å². The molecule has 0 aliphatic carbocycles. The van der Waals surface area contributed by atoms with E-state index in [-0.39, 0.29) is 120 Å². The zero-order valence-electron chi connectivity index (χ0n) is 58.7. The zero-order valence-corrected chi connectivity index (χ0v) is 58.7. The van der Waals surface area contributed by atoms with Crippen molar-refractivity contribution in [2.24, 2.45) is 5.92 Å². The molecule has 3 heterocycles. The summed E-state index contributed by atoms with van der Waals surface area (Å²) in [6.07, 6.45) is -4.16. The van der Waals surface area contributed by atoms with Gasteiger partial charge in [-0.15, -0.1) is 0 Å². The zero-order chi connectivity index (χ0) is 73.1. The Morgan fingerprint density at radius 3 is 0.960 bits per heavy atom. The van der Waals surface area contributed by atoms with Crippen LogP contribution in [-0.2, 0) is 81.0 Å². The summed E-state index contributed by atoms with van der Waals surface area (Å²) in [7, 11) is 0. The smallest absolute Gasteiger partial charge is 0.222 e. The van der Waals surface area contributed by atoms with Crippen LogP contribution in [0.1, 0.15) is 169 Å². The molecule has 15 atom stereocenters. The molecule has 99 heavy (non-hydrogen) atoms. The van der Waals surface area contributed by atoms with Gasteiger partial charge in [-0.1, -0.05) is 65.2 Å². The normalized spacial score (nSPS) is 26.0. The number of unbranched alkanes of at least 4 members (excludes halogenated alkanes) is 12. The van der Waals surface area contributed by atoms with E-state index in [0.29, 0.717) is 103 Å². The van der Waals surface area contributed by atoms with Crippen LogP contribution in [0.4, 0.5) is 0 Å². The Balaban J connectivity index is 1.56. The van der Waals surface area contributed by atoms with Crippen molar-refractivity contribution in [2.75, 3.05) is 98.9 Å². The first kappa shape index (κ1) is 88.5. The van der Waals surface area contributed by atoms with E-state index in [9.17, 15) is 84.3 Å². The Morgan fingerprint density at radius 2 is 0.667 bits per heavy atom. The largest absolute Gasteiger partial charge is 0.394 e. The quantitative estimate of drug-likeness (QED) is 0.0281. The molecule has 0 bridgehead atoms. The highest BCUT2D eigenvalue weighted by molar-refractivity contribution is 5.80. The monoisotopic (exact) mass is 1430 g/mol. The van der Waals surface area contributed by atoms with E-state index in [0.717, 1.165) is 25.7 Å². The average Bonchev–Trinajstić information content (AvgIpc) is 0.825. The number of carbonyl (C=O) groups is 8. The summed E-state index contributed by atoms with van der Waals surface area (Å²) < 4.78 is 52.5. The molecule has 15 unspecified atom stereocenters. The molecule has 0 radical (unpaired) electrons. The van der Waals surface area contributed by atoms with Crippen LogP contribution < -0.4 is 37.2 Å². The number of rotatable bonds is 54. The number of amides is 7. The fourth-order valence-corrected chi connectivity index (χ4v) is 11.2. The summed E-state index contributed by atoms with van der Waals surface area (Å²) in [6.45, 7) is 6.71. The summed E-state index contributed by atoms with van der Waals surface area (Å²) in [5.41, 5.74) is -1.36. The fourth-order valence-electron chi connectivity index (χ4n) is 11.2. The standard InChI is InChI=1S/C66H119N7O26/c1-42(2)46(80)22-14-6-7-15-23-53(84)73-66(39-91-33-24-50(81)67-27-16-8-11-19-30-94-63-54(70-43(3)77)60(88)57(85)47(36-74)97-63,40-92-34-25-51(82)68-28-17-9-12-20-31-95-64-55(71-44(4)78)61(89)58(86)48(37-75)98-64)41-93-35-26-52(83)69-29-18-10-13-21-32-96-65-56(72-45(5)79)62(90)59(87)49(38-76)99-65/h42,47-49,54-65,74-76,85-90H,6-41H2,1-5H3,(H,67,81)(H,68,82)(H,69,83)(H,70,77)(H,71,78)(H,72,79)(H,73,84). The van der Waals surface area contributed by atoms with Crippen LogP contribution in [0.25, 0.3) is 0 Å². The highest BCUT2D eigenvalue weighted by Crippen LogP contribution is 2.26. The highest BCUT2D eigenvalue weighted by Gasteiger charge is 2.48. The topological polar surface area (TPSA) is 486 Å². The predicted octanol–water partition coefficient (Wildman–Crippen LogP) is -2.46. The van der Waals surface area contributed by atoms with Crippen LogP contribution in [0.5, 0.6) is 0 Å².